The number of hydrogen-bond donors (Lipinski definition) is 2. The number of carbonyl (C=O) groups excluding carboxylic acids is 2. The summed E-state index contributed by atoms with van der Waals surface area (Å²) >= 11 is 0. The van der Waals surface area contributed by atoms with Crippen molar-refractivity contribution in [1.29, 1.82) is 0 Å². The molecule has 5 nitrogen and oxygen atoms in total. The maximum absolute atomic E-state index is 11.4. The second kappa shape index (κ2) is 4.45. The number of esters is 1. The maximum atomic E-state index is 11.4. The number of ketones is 1. The van der Waals surface area contributed by atoms with Crippen LogP contribution in [0.25, 0.3) is 0 Å². The molecule has 0 saturated heterocycles. The number of ether oxygens (including phenoxy) is 1. The molecule has 0 bridgehead atoms. The van der Waals surface area contributed by atoms with Crippen LogP contribution >= 0.6 is 0 Å². The number of anilines is 1. The molecule has 0 fully saturated rings. The molecule has 80 valence electrons. The predicted molar refractivity (Wildman–Crippen MR) is 53.5 cm³/mol. The Balaban J connectivity index is 2.92. The van der Waals surface area contributed by atoms with Gasteiger partial charge in [-0.15, -0.1) is 0 Å². The predicted octanol–water partition coefficient (Wildman–Crippen LogP) is 0.720. The Bertz CT molecular complexity index is 400. The first-order valence-electron chi connectivity index (χ1n) is 4.36. The Morgan fingerprint density at radius 3 is 2.67 bits per heavy atom. The quantitative estimate of drug-likeness (QED) is 0.252. The number of hydrogen-bond acceptors (Lipinski definition) is 5. The molecule has 0 aliphatic heterocycles. The lowest BCUT2D eigenvalue weighted by Gasteiger charge is -2.03. The van der Waals surface area contributed by atoms with Crippen LogP contribution in [0, 0.1) is 0 Å². The fraction of sp³-hybridized carbons (Fsp3) is 0.200. The summed E-state index contributed by atoms with van der Waals surface area (Å²) in [7, 11) is 0. The van der Waals surface area contributed by atoms with Crippen LogP contribution in [0.4, 0.5) is 5.69 Å². The molecule has 0 amide bonds. The highest BCUT2D eigenvalue weighted by atomic mass is 16.5. The van der Waals surface area contributed by atoms with Crippen molar-refractivity contribution >= 4 is 17.4 Å². The molecule has 0 aromatic heterocycles. The molecule has 0 saturated carbocycles. The summed E-state index contributed by atoms with van der Waals surface area (Å²) in [6, 6.07) is 3.79. The highest BCUT2D eigenvalue weighted by Gasteiger charge is 2.17. The highest BCUT2D eigenvalue weighted by molar-refractivity contribution is 6.40. The van der Waals surface area contributed by atoms with Crippen molar-refractivity contribution < 1.29 is 19.4 Å². The van der Waals surface area contributed by atoms with Crippen LogP contribution in [0.3, 0.4) is 0 Å². The average molecular weight is 209 g/mol. The standard InChI is InChI=1S/C10H11NO4/c1-2-15-10(14)9(13)6-3-4-8(12)7(11)5-6/h3-5,12H,2,11H2,1H3. The fourth-order valence-electron chi connectivity index (χ4n) is 1.01. The number of aromatic hydroxyl groups is 1. The minimum atomic E-state index is -0.928. The van der Waals surface area contributed by atoms with E-state index in [2.05, 4.69) is 4.74 Å². The molecular formula is C10H11NO4. The van der Waals surface area contributed by atoms with E-state index >= 15 is 0 Å². The van der Waals surface area contributed by atoms with Crippen molar-refractivity contribution in [2.75, 3.05) is 12.3 Å². The Morgan fingerprint density at radius 1 is 1.47 bits per heavy atom. The minimum absolute atomic E-state index is 0.0464. The summed E-state index contributed by atoms with van der Waals surface area (Å²) in [6.45, 7) is 1.74. The molecule has 0 heterocycles. The maximum Gasteiger partial charge on any atom is 0.379 e. The van der Waals surface area contributed by atoms with Crippen molar-refractivity contribution in [2.45, 2.75) is 6.92 Å². The number of phenolic OH excluding ortho intramolecular Hbond substituents is 1. The number of rotatable bonds is 3. The van der Waals surface area contributed by atoms with Gasteiger partial charge in [0.05, 0.1) is 12.3 Å². The summed E-state index contributed by atoms with van der Waals surface area (Å²) in [6.07, 6.45) is 0. The SMILES string of the molecule is CCOC(=O)C(=O)c1ccc(O)c(N)c1. The van der Waals surface area contributed by atoms with Crippen LogP contribution < -0.4 is 5.73 Å². The van der Waals surface area contributed by atoms with E-state index in [0.29, 0.717) is 0 Å². The third-order valence-electron chi connectivity index (χ3n) is 1.75. The molecule has 0 unspecified atom stereocenters. The summed E-state index contributed by atoms with van der Waals surface area (Å²) < 4.78 is 4.54. The van der Waals surface area contributed by atoms with Gasteiger partial charge in [0.1, 0.15) is 5.75 Å². The van der Waals surface area contributed by atoms with Gasteiger partial charge in [0.25, 0.3) is 5.78 Å². The number of nitrogen functional groups attached to an aromatic ring is 1. The average Bonchev–Trinajstić information content (AvgIpc) is 2.21. The van der Waals surface area contributed by atoms with E-state index in [1.807, 2.05) is 0 Å². The van der Waals surface area contributed by atoms with Gasteiger partial charge >= 0.3 is 5.97 Å². The first kappa shape index (κ1) is 11.0. The van der Waals surface area contributed by atoms with E-state index in [1.54, 1.807) is 6.92 Å². The van der Waals surface area contributed by atoms with E-state index < -0.39 is 11.8 Å². The Hall–Kier alpha value is -2.04. The molecule has 15 heavy (non-hydrogen) atoms. The van der Waals surface area contributed by atoms with Gasteiger partial charge in [0.2, 0.25) is 0 Å². The van der Waals surface area contributed by atoms with Crippen LogP contribution in [-0.2, 0) is 9.53 Å². The molecule has 0 aliphatic carbocycles. The highest BCUT2D eigenvalue weighted by Crippen LogP contribution is 2.20. The molecule has 0 spiro atoms. The molecule has 0 radical (unpaired) electrons. The van der Waals surface area contributed by atoms with Crippen molar-refractivity contribution in [3.63, 3.8) is 0 Å². The zero-order chi connectivity index (χ0) is 11.4. The number of carbonyl (C=O) groups is 2. The van der Waals surface area contributed by atoms with Gasteiger partial charge in [-0.1, -0.05) is 0 Å². The molecule has 0 atom stereocenters. The van der Waals surface area contributed by atoms with E-state index in [-0.39, 0.29) is 23.6 Å². The largest absolute Gasteiger partial charge is 0.506 e. The Labute approximate surface area is 86.5 Å². The van der Waals surface area contributed by atoms with Crippen LogP contribution in [0.2, 0.25) is 0 Å². The molecule has 5 heteroatoms. The van der Waals surface area contributed by atoms with E-state index in [9.17, 15) is 9.59 Å². The summed E-state index contributed by atoms with van der Waals surface area (Å²) in [4.78, 5) is 22.5. The lowest BCUT2D eigenvalue weighted by molar-refractivity contribution is -0.137. The van der Waals surface area contributed by atoms with E-state index in [4.69, 9.17) is 10.8 Å². The molecule has 3 N–H and O–H groups in total. The third kappa shape index (κ3) is 2.46. The number of benzene rings is 1. The number of phenols is 1. The van der Waals surface area contributed by atoms with Crippen LogP contribution in [0.15, 0.2) is 18.2 Å². The summed E-state index contributed by atoms with van der Waals surface area (Å²) in [5.41, 5.74) is 5.53. The van der Waals surface area contributed by atoms with Crippen LogP contribution in [0.5, 0.6) is 5.75 Å². The Kier molecular flexibility index (Phi) is 3.28. The zero-order valence-electron chi connectivity index (χ0n) is 8.19. The Morgan fingerprint density at radius 2 is 2.13 bits per heavy atom. The van der Waals surface area contributed by atoms with Crippen molar-refractivity contribution in [3.8, 4) is 5.75 Å². The first-order valence-corrected chi connectivity index (χ1v) is 4.36. The van der Waals surface area contributed by atoms with E-state index in [1.165, 1.54) is 18.2 Å². The lowest BCUT2D eigenvalue weighted by Crippen LogP contribution is -2.17. The van der Waals surface area contributed by atoms with Crippen molar-refractivity contribution in [1.82, 2.24) is 0 Å². The van der Waals surface area contributed by atoms with Gasteiger partial charge < -0.3 is 15.6 Å². The molecule has 1 aromatic carbocycles. The fourth-order valence-corrected chi connectivity index (χ4v) is 1.01. The zero-order valence-corrected chi connectivity index (χ0v) is 8.19. The molecule has 1 aromatic rings. The van der Waals surface area contributed by atoms with Gasteiger partial charge in [-0.25, -0.2) is 4.79 Å². The van der Waals surface area contributed by atoms with Crippen molar-refractivity contribution in [3.05, 3.63) is 23.8 Å². The normalized spacial score (nSPS) is 9.67. The monoisotopic (exact) mass is 209 g/mol. The molecule has 1 rings (SSSR count). The van der Waals surface area contributed by atoms with Crippen molar-refractivity contribution in [2.24, 2.45) is 0 Å². The van der Waals surface area contributed by atoms with Crippen LogP contribution in [0.1, 0.15) is 17.3 Å². The first-order chi connectivity index (χ1) is 7.06. The van der Waals surface area contributed by atoms with Gasteiger partial charge in [0, 0.05) is 5.56 Å². The summed E-state index contributed by atoms with van der Waals surface area (Å²) in [5, 5.41) is 9.11. The second-order valence-electron chi connectivity index (χ2n) is 2.82. The van der Waals surface area contributed by atoms with Gasteiger partial charge in [-0.2, -0.15) is 0 Å². The molecule has 0 aliphatic rings. The second-order valence-corrected chi connectivity index (χ2v) is 2.82. The van der Waals surface area contributed by atoms with Crippen LogP contribution in [-0.4, -0.2) is 23.5 Å². The number of Topliss-reactive ketones (excluding diaryl/α,β-unsaturated/α-hetero) is 1. The summed E-state index contributed by atoms with van der Waals surface area (Å²) in [5.74, 6) is -1.83. The number of nitrogens with two attached hydrogens (primary N) is 1. The van der Waals surface area contributed by atoms with Gasteiger partial charge in [-0.3, -0.25) is 4.79 Å². The topological polar surface area (TPSA) is 89.6 Å². The minimum Gasteiger partial charge on any atom is -0.506 e. The van der Waals surface area contributed by atoms with Gasteiger partial charge in [0.15, 0.2) is 0 Å². The van der Waals surface area contributed by atoms with E-state index in [0.717, 1.165) is 0 Å². The third-order valence-corrected chi connectivity index (χ3v) is 1.75. The lowest BCUT2D eigenvalue weighted by atomic mass is 10.1. The molecular weight excluding hydrogens is 198 g/mol. The smallest absolute Gasteiger partial charge is 0.379 e. The van der Waals surface area contributed by atoms with Gasteiger partial charge in [-0.05, 0) is 25.1 Å².